The highest BCUT2D eigenvalue weighted by atomic mass is 16.5. The summed E-state index contributed by atoms with van der Waals surface area (Å²) >= 11 is 0. The van der Waals surface area contributed by atoms with Gasteiger partial charge in [0.2, 0.25) is 0 Å². The van der Waals surface area contributed by atoms with Crippen LogP contribution in [0.15, 0.2) is 23.8 Å². The van der Waals surface area contributed by atoms with Gasteiger partial charge in [0.1, 0.15) is 6.10 Å². The second-order valence-corrected chi connectivity index (χ2v) is 10.0. The molecule has 3 heteroatoms. The number of fused-ring (bicyclic) bond motifs is 5. The molecule has 0 radical (unpaired) electrons. The molecule has 0 N–H and O–H groups in total. The van der Waals surface area contributed by atoms with Crippen LogP contribution in [0.3, 0.4) is 0 Å². The van der Waals surface area contributed by atoms with Gasteiger partial charge in [0.15, 0.2) is 5.78 Å². The van der Waals surface area contributed by atoms with Gasteiger partial charge in [0.25, 0.3) is 0 Å². The normalized spacial score (nSPS) is 46.2. The quantitative estimate of drug-likeness (QED) is 0.623. The Labute approximate surface area is 163 Å². The first-order valence-electron chi connectivity index (χ1n) is 10.8. The van der Waals surface area contributed by atoms with Gasteiger partial charge in [0.05, 0.1) is 0 Å². The Morgan fingerprint density at radius 2 is 1.96 bits per heavy atom. The smallest absolute Gasteiger partial charge is 0.302 e. The van der Waals surface area contributed by atoms with E-state index in [0.717, 1.165) is 32.1 Å². The average molecular weight is 371 g/mol. The maximum absolute atomic E-state index is 12.3. The van der Waals surface area contributed by atoms with E-state index in [0.29, 0.717) is 30.1 Å². The number of rotatable bonds is 2. The molecular weight excluding hydrogens is 336 g/mol. The zero-order chi connectivity index (χ0) is 19.6. The molecule has 0 aromatic heterocycles. The van der Waals surface area contributed by atoms with Gasteiger partial charge in [0, 0.05) is 18.8 Å². The van der Waals surface area contributed by atoms with Gasteiger partial charge in [-0.15, -0.1) is 0 Å². The largest absolute Gasteiger partial charge is 0.462 e. The predicted molar refractivity (Wildman–Crippen MR) is 106 cm³/mol. The molecule has 0 unspecified atom stereocenters. The lowest BCUT2D eigenvalue weighted by Gasteiger charge is -2.60. The van der Waals surface area contributed by atoms with Gasteiger partial charge in [-0.1, -0.05) is 39.3 Å². The van der Waals surface area contributed by atoms with Crippen molar-refractivity contribution in [2.75, 3.05) is 0 Å². The van der Waals surface area contributed by atoms with Crippen molar-refractivity contribution >= 4 is 11.8 Å². The molecule has 0 aliphatic heterocycles. The van der Waals surface area contributed by atoms with Gasteiger partial charge in [-0.05, 0) is 72.8 Å². The monoisotopic (exact) mass is 370 g/mol. The fraction of sp³-hybridized carbons (Fsp3) is 0.750. The maximum atomic E-state index is 12.3. The number of ketones is 1. The summed E-state index contributed by atoms with van der Waals surface area (Å²) in [6.07, 6.45) is 9.15. The summed E-state index contributed by atoms with van der Waals surface area (Å²) in [5.74, 6) is 2.36. The van der Waals surface area contributed by atoms with E-state index in [9.17, 15) is 9.59 Å². The average Bonchev–Trinajstić information content (AvgIpc) is 2.92. The number of hydrogen-bond acceptors (Lipinski definition) is 3. The summed E-state index contributed by atoms with van der Waals surface area (Å²) in [5, 5.41) is 0. The van der Waals surface area contributed by atoms with Crippen molar-refractivity contribution < 1.29 is 14.3 Å². The second-order valence-electron chi connectivity index (χ2n) is 10.0. The molecule has 0 aromatic rings. The lowest BCUT2D eigenvalue weighted by Crippen LogP contribution is -2.54. The van der Waals surface area contributed by atoms with Crippen molar-refractivity contribution in [3.05, 3.63) is 23.8 Å². The van der Waals surface area contributed by atoms with Crippen LogP contribution in [0.4, 0.5) is 0 Å². The minimum absolute atomic E-state index is 0.0638. The van der Waals surface area contributed by atoms with E-state index in [1.165, 1.54) is 24.5 Å². The Morgan fingerprint density at radius 3 is 2.63 bits per heavy atom. The number of esters is 1. The lowest BCUT2D eigenvalue weighted by molar-refractivity contribution is -0.157. The first-order valence-corrected chi connectivity index (χ1v) is 10.8. The molecule has 0 aromatic carbocycles. The highest BCUT2D eigenvalue weighted by Crippen LogP contribution is 2.67. The van der Waals surface area contributed by atoms with Crippen LogP contribution in [0.2, 0.25) is 0 Å². The SMILES string of the molecule is C=C1C[C@H]2[C@@H]3CC[C@H](OC(C)=O)[C@@]3(C)CC[C@@H]2[C@]2(C)C1=CC(=O)C[C@H]2CC. The third-order valence-electron chi connectivity index (χ3n) is 8.97. The van der Waals surface area contributed by atoms with Crippen molar-refractivity contribution in [3.63, 3.8) is 0 Å². The number of hydrogen-bond donors (Lipinski definition) is 0. The van der Waals surface area contributed by atoms with Gasteiger partial charge in [-0.2, -0.15) is 0 Å². The maximum Gasteiger partial charge on any atom is 0.302 e. The molecule has 4 aliphatic carbocycles. The summed E-state index contributed by atoms with van der Waals surface area (Å²) in [4.78, 5) is 24.0. The molecule has 7 atom stereocenters. The van der Waals surface area contributed by atoms with E-state index >= 15 is 0 Å². The molecule has 4 rings (SSSR count). The summed E-state index contributed by atoms with van der Waals surface area (Å²) < 4.78 is 5.76. The highest BCUT2D eigenvalue weighted by molar-refractivity contribution is 5.93. The van der Waals surface area contributed by atoms with Gasteiger partial charge in [-0.3, -0.25) is 9.59 Å². The molecule has 0 heterocycles. The van der Waals surface area contributed by atoms with E-state index in [1.54, 1.807) is 0 Å². The van der Waals surface area contributed by atoms with Crippen molar-refractivity contribution in [3.8, 4) is 0 Å². The van der Waals surface area contributed by atoms with Gasteiger partial charge >= 0.3 is 5.97 Å². The Hall–Kier alpha value is -1.38. The molecule has 148 valence electrons. The highest BCUT2D eigenvalue weighted by Gasteiger charge is 2.62. The third-order valence-corrected chi connectivity index (χ3v) is 8.97. The van der Waals surface area contributed by atoms with Crippen LogP contribution in [0.25, 0.3) is 0 Å². The first-order chi connectivity index (χ1) is 12.7. The molecule has 0 spiro atoms. The Bertz CT molecular complexity index is 719. The fourth-order valence-electron chi connectivity index (χ4n) is 7.66. The Morgan fingerprint density at radius 1 is 1.22 bits per heavy atom. The van der Waals surface area contributed by atoms with Crippen LogP contribution >= 0.6 is 0 Å². The second kappa shape index (κ2) is 6.32. The molecule has 3 fully saturated rings. The third kappa shape index (κ3) is 2.60. The molecule has 0 amide bonds. The topological polar surface area (TPSA) is 43.4 Å². The van der Waals surface area contributed by atoms with E-state index < -0.39 is 0 Å². The Balaban J connectivity index is 1.71. The van der Waals surface area contributed by atoms with Crippen LogP contribution in [-0.2, 0) is 14.3 Å². The summed E-state index contributed by atoms with van der Waals surface area (Å²) in [7, 11) is 0. The molecule has 3 nitrogen and oxygen atoms in total. The van der Waals surface area contributed by atoms with Gasteiger partial charge < -0.3 is 4.74 Å². The molecule has 0 bridgehead atoms. The molecule has 4 aliphatic rings. The van der Waals surface area contributed by atoms with Gasteiger partial charge in [-0.25, -0.2) is 0 Å². The lowest BCUT2D eigenvalue weighted by atomic mass is 9.44. The number of carbonyl (C=O) groups excluding carboxylic acids is 2. The Kier molecular flexibility index (Phi) is 4.44. The van der Waals surface area contributed by atoms with E-state index in [1.807, 2.05) is 6.08 Å². The van der Waals surface area contributed by atoms with Crippen molar-refractivity contribution in [2.24, 2.45) is 34.5 Å². The van der Waals surface area contributed by atoms with Crippen LogP contribution in [0.5, 0.6) is 0 Å². The van der Waals surface area contributed by atoms with Crippen molar-refractivity contribution in [1.29, 1.82) is 0 Å². The summed E-state index contributed by atoms with van der Waals surface area (Å²) in [6, 6.07) is 0. The molecular formula is C24H34O3. The zero-order valence-corrected chi connectivity index (χ0v) is 17.3. The van der Waals surface area contributed by atoms with E-state index in [4.69, 9.17) is 4.74 Å². The van der Waals surface area contributed by atoms with Crippen LogP contribution in [0.1, 0.15) is 72.6 Å². The minimum atomic E-state index is -0.147. The fourth-order valence-corrected chi connectivity index (χ4v) is 7.66. The number of ether oxygens (including phenoxy) is 1. The molecule has 0 saturated heterocycles. The van der Waals surface area contributed by atoms with Crippen LogP contribution < -0.4 is 0 Å². The van der Waals surface area contributed by atoms with E-state index in [-0.39, 0.29) is 28.7 Å². The summed E-state index contributed by atoms with van der Waals surface area (Å²) in [5.41, 5.74) is 2.61. The van der Waals surface area contributed by atoms with E-state index in [2.05, 4.69) is 27.4 Å². The van der Waals surface area contributed by atoms with Crippen LogP contribution in [0, 0.1) is 34.5 Å². The standard InChI is InChI=1S/C24H34O3/c1-6-16-12-17(26)13-21-14(2)11-18-19-7-8-22(27-15(3)25)23(19,4)10-9-20(18)24(16,21)5/h13,16,18-20,22H,2,6-12H2,1,3-5H3/t16-,18+,19+,20+,22+,23+,24-/m1/s1. The zero-order valence-electron chi connectivity index (χ0n) is 17.3. The number of carbonyl (C=O) groups is 2. The minimum Gasteiger partial charge on any atom is -0.462 e. The predicted octanol–water partition coefficient (Wildman–Crippen LogP) is 5.25. The van der Waals surface area contributed by atoms with Crippen LogP contribution in [-0.4, -0.2) is 17.9 Å². The van der Waals surface area contributed by atoms with Crippen molar-refractivity contribution in [2.45, 2.75) is 78.7 Å². The molecule has 27 heavy (non-hydrogen) atoms. The number of allylic oxidation sites excluding steroid dienone is 2. The van der Waals surface area contributed by atoms with Crippen molar-refractivity contribution in [1.82, 2.24) is 0 Å². The first kappa shape index (κ1) is 19.0. The summed E-state index contributed by atoms with van der Waals surface area (Å²) in [6.45, 7) is 13.0. The molecule has 3 saturated carbocycles.